The number of ketones is 1. The van der Waals surface area contributed by atoms with Gasteiger partial charge in [-0.3, -0.25) is 4.79 Å². The van der Waals surface area contributed by atoms with E-state index in [2.05, 4.69) is 0 Å². The second-order valence-electron chi connectivity index (χ2n) is 7.66. The average Bonchev–Trinajstić information content (AvgIpc) is 3.09. The molecule has 1 aliphatic rings. The van der Waals surface area contributed by atoms with E-state index in [4.69, 9.17) is 14.2 Å². The van der Waals surface area contributed by atoms with Gasteiger partial charge >= 0.3 is 5.97 Å². The van der Waals surface area contributed by atoms with Crippen molar-refractivity contribution in [3.8, 4) is 17.2 Å². The molecular weight excluding hydrogens is 406 g/mol. The van der Waals surface area contributed by atoms with Gasteiger partial charge in [-0.1, -0.05) is 18.2 Å². The molecule has 3 aromatic rings. The highest BCUT2D eigenvalue weighted by atomic mass is 16.5. The second kappa shape index (κ2) is 8.59. The van der Waals surface area contributed by atoms with E-state index in [9.17, 15) is 9.59 Å². The maximum atomic E-state index is 12.9. The fourth-order valence-electron chi connectivity index (χ4n) is 3.47. The number of methoxy groups -OCH3 is 1. The molecule has 0 bridgehead atoms. The molecule has 0 aliphatic carbocycles. The number of benzene rings is 3. The Labute approximate surface area is 186 Å². The Balaban J connectivity index is 1.57. The average molecular weight is 429 g/mol. The Morgan fingerprint density at radius 3 is 2.44 bits per heavy atom. The quantitative estimate of drug-likeness (QED) is 0.326. The summed E-state index contributed by atoms with van der Waals surface area (Å²) in [5.74, 6) is 0.756. The maximum absolute atomic E-state index is 12.9. The largest absolute Gasteiger partial charge is 0.497 e. The Morgan fingerprint density at radius 1 is 1.00 bits per heavy atom. The number of fused-ring (bicyclic) bond motifs is 1. The van der Waals surface area contributed by atoms with Crippen molar-refractivity contribution >= 4 is 23.5 Å². The summed E-state index contributed by atoms with van der Waals surface area (Å²) in [5.41, 5.74) is 3.43. The van der Waals surface area contributed by atoms with Crippen LogP contribution in [-0.4, -0.2) is 33.0 Å². The molecule has 1 aliphatic heterocycles. The first-order valence-corrected chi connectivity index (χ1v) is 10.1. The van der Waals surface area contributed by atoms with Gasteiger partial charge in [-0.05, 0) is 60.5 Å². The molecule has 3 aromatic carbocycles. The van der Waals surface area contributed by atoms with Crippen molar-refractivity contribution in [3.05, 3.63) is 88.7 Å². The summed E-state index contributed by atoms with van der Waals surface area (Å²) in [4.78, 5) is 27.4. The highest BCUT2D eigenvalue weighted by Crippen LogP contribution is 2.37. The topological polar surface area (TPSA) is 65.1 Å². The predicted molar refractivity (Wildman–Crippen MR) is 123 cm³/mol. The van der Waals surface area contributed by atoms with Gasteiger partial charge in [-0.25, -0.2) is 4.79 Å². The minimum atomic E-state index is -0.524. The Morgan fingerprint density at radius 2 is 1.75 bits per heavy atom. The molecule has 6 heteroatoms. The monoisotopic (exact) mass is 429 g/mol. The van der Waals surface area contributed by atoms with Crippen LogP contribution in [0.1, 0.15) is 31.8 Å². The first-order valence-electron chi connectivity index (χ1n) is 10.1. The first kappa shape index (κ1) is 21.2. The van der Waals surface area contributed by atoms with Crippen LogP contribution in [0.25, 0.3) is 6.08 Å². The number of Topliss-reactive ketones (excluding diaryl/α,β-unsaturated/α-hetero) is 1. The number of hydrogen-bond acceptors (Lipinski definition) is 6. The van der Waals surface area contributed by atoms with Crippen LogP contribution in [-0.2, 0) is 0 Å². The highest BCUT2D eigenvalue weighted by molar-refractivity contribution is 6.15. The third-order valence-corrected chi connectivity index (χ3v) is 5.17. The molecule has 0 N–H and O–H groups in total. The van der Waals surface area contributed by atoms with Crippen molar-refractivity contribution < 1.29 is 23.8 Å². The number of aryl methyl sites for hydroxylation is 1. The number of rotatable bonds is 5. The maximum Gasteiger partial charge on any atom is 0.343 e. The zero-order valence-electron chi connectivity index (χ0n) is 18.3. The molecule has 0 atom stereocenters. The van der Waals surface area contributed by atoms with Crippen LogP contribution in [0.3, 0.4) is 0 Å². The van der Waals surface area contributed by atoms with Gasteiger partial charge in [-0.2, -0.15) is 0 Å². The lowest BCUT2D eigenvalue weighted by Gasteiger charge is -2.11. The normalized spacial score (nSPS) is 13.5. The van der Waals surface area contributed by atoms with Gasteiger partial charge < -0.3 is 19.1 Å². The van der Waals surface area contributed by atoms with Gasteiger partial charge in [0.15, 0.2) is 5.76 Å². The smallest absolute Gasteiger partial charge is 0.343 e. The lowest BCUT2D eigenvalue weighted by atomic mass is 10.0. The molecule has 0 fully saturated rings. The molecule has 0 spiro atoms. The number of ether oxygens (including phenoxy) is 3. The molecule has 0 aromatic heterocycles. The minimum Gasteiger partial charge on any atom is -0.497 e. The second-order valence-corrected chi connectivity index (χ2v) is 7.66. The minimum absolute atomic E-state index is 0.195. The Bertz CT molecular complexity index is 1230. The van der Waals surface area contributed by atoms with E-state index in [1.54, 1.807) is 49.4 Å². The molecule has 1 heterocycles. The summed E-state index contributed by atoms with van der Waals surface area (Å²) in [6.07, 6.45) is 1.71. The first-order chi connectivity index (χ1) is 15.4. The molecule has 0 saturated carbocycles. The van der Waals surface area contributed by atoms with E-state index in [0.29, 0.717) is 33.9 Å². The van der Waals surface area contributed by atoms with Crippen LogP contribution in [0.4, 0.5) is 5.69 Å². The van der Waals surface area contributed by atoms with E-state index in [-0.39, 0.29) is 11.5 Å². The zero-order chi connectivity index (χ0) is 22.8. The van der Waals surface area contributed by atoms with Gasteiger partial charge in [0.1, 0.15) is 17.2 Å². The van der Waals surface area contributed by atoms with Crippen LogP contribution >= 0.6 is 0 Å². The number of anilines is 1. The number of carbonyl (C=O) groups excluding carboxylic acids is 2. The van der Waals surface area contributed by atoms with E-state index < -0.39 is 5.97 Å². The van der Waals surface area contributed by atoms with Gasteiger partial charge in [0, 0.05) is 25.8 Å². The molecule has 6 nitrogen and oxygen atoms in total. The lowest BCUT2D eigenvalue weighted by Crippen LogP contribution is -2.09. The van der Waals surface area contributed by atoms with Crippen molar-refractivity contribution in [2.45, 2.75) is 6.92 Å². The van der Waals surface area contributed by atoms with Crippen LogP contribution < -0.4 is 19.1 Å². The lowest BCUT2D eigenvalue weighted by molar-refractivity contribution is 0.0734. The number of nitrogens with zero attached hydrogens (tertiary/aromatic N) is 1. The Kier molecular flexibility index (Phi) is 5.69. The van der Waals surface area contributed by atoms with E-state index >= 15 is 0 Å². The molecule has 0 radical (unpaired) electrons. The highest BCUT2D eigenvalue weighted by Gasteiger charge is 2.30. The van der Waals surface area contributed by atoms with Gasteiger partial charge in [-0.15, -0.1) is 0 Å². The van der Waals surface area contributed by atoms with E-state index in [1.807, 2.05) is 43.3 Å². The predicted octanol–water partition coefficient (Wildman–Crippen LogP) is 4.91. The zero-order valence-corrected chi connectivity index (χ0v) is 18.3. The molecule has 0 amide bonds. The number of esters is 1. The molecule has 162 valence electrons. The van der Waals surface area contributed by atoms with Crippen LogP contribution in [0.15, 0.2) is 66.4 Å². The van der Waals surface area contributed by atoms with Crippen molar-refractivity contribution in [2.24, 2.45) is 0 Å². The van der Waals surface area contributed by atoms with Crippen molar-refractivity contribution in [1.82, 2.24) is 0 Å². The van der Waals surface area contributed by atoms with Crippen molar-refractivity contribution in [2.75, 3.05) is 26.1 Å². The van der Waals surface area contributed by atoms with Crippen molar-refractivity contribution in [1.29, 1.82) is 0 Å². The van der Waals surface area contributed by atoms with Crippen LogP contribution in [0.2, 0.25) is 0 Å². The summed E-state index contributed by atoms with van der Waals surface area (Å²) in [6.45, 7) is 1.79. The van der Waals surface area contributed by atoms with Crippen LogP contribution in [0.5, 0.6) is 17.2 Å². The van der Waals surface area contributed by atoms with Crippen LogP contribution in [0, 0.1) is 6.92 Å². The molecule has 0 unspecified atom stereocenters. The standard InChI is InChI=1S/C26H23NO5/c1-16-12-21(31-26(29)18-6-5-7-20(14-18)30-4)15-22-24(16)25(28)23(32-22)13-17-8-10-19(11-9-17)27(2)3/h5-15H,1-4H3/b23-13-. The van der Waals surface area contributed by atoms with Gasteiger partial charge in [0.25, 0.3) is 0 Å². The molecule has 4 rings (SSSR count). The third-order valence-electron chi connectivity index (χ3n) is 5.17. The summed E-state index contributed by atoms with van der Waals surface area (Å²) in [7, 11) is 5.47. The SMILES string of the molecule is COc1cccc(C(=O)Oc2cc(C)c3c(c2)O/C(=C\c2ccc(N(C)C)cc2)C3=O)c1. The summed E-state index contributed by atoms with van der Waals surface area (Å²) < 4.78 is 16.5. The van der Waals surface area contributed by atoms with E-state index in [1.165, 1.54) is 7.11 Å². The number of allylic oxidation sites excluding steroid dienone is 1. The number of carbonyl (C=O) groups is 2. The number of hydrogen-bond donors (Lipinski definition) is 0. The molecule has 0 saturated heterocycles. The summed E-state index contributed by atoms with van der Waals surface area (Å²) in [6, 6.07) is 17.7. The molecular formula is C26H23NO5. The summed E-state index contributed by atoms with van der Waals surface area (Å²) in [5, 5.41) is 0. The third kappa shape index (κ3) is 4.21. The van der Waals surface area contributed by atoms with Gasteiger partial charge in [0.05, 0.1) is 18.2 Å². The van der Waals surface area contributed by atoms with Gasteiger partial charge in [0.2, 0.25) is 5.78 Å². The van der Waals surface area contributed by atoms with Crippen molar-refractivity contribution in [3.63, 3.8) is 0 Å². The fourth-order valence-corrected chi connectivity index (χ4v) is 3.47. The van der Waals surface area contributed by atoms with E-state index in [0.717, 1.165) is 11.3 Å². The fraction of sp³-hybridized carbons (Fsp3) is 0.154. The Hall–Kier alpha value is -4.06. The summed E-state index contributed by atoms with van der Waals surface area (Å²) >= 11 is 0. The molecule has 32 heavy (non-hydrogen) atoms.